The van der Waals surface area contributed by atoms with Gasteiger partial charge >= 0.3 is 0 Å². The molecule has 2 aromatic heterocycles. The minimum Gasteiger partial charge on any atom is -0.493 e. The minimum absolute atomic E-state index is 0.270. The number of anilines is 1. The standard InChI is InChI=1S/C26H31N3O6S/c1-6-26(2,3)28-25(32)23(19-9-7-13-35-19)29(17-11-12-18(33-4)20(15-17)34-5)22(30)16-27-24(31)21-10-8-14-36-21/h7-15,23H,6,16H2,1-5H3,(H,27,31)(H,28,32)/t23-/m1/s1. The van der Waals surface area contributed by atoms with Crippen molar-refractivity contribution in [3.05, 3.63) is 64.7 Å². The fourth-order valence-corrected chi connectivity index (χ4v) is 4.10. The normalized spacial score (nSPS) is 11.9. The van der Waals surface area contributed by atoms with E-state index in [4.69, 9.17) is 13.9 Å². The summed E-state index contributed by atoms with van der Waals surface area (Å²) in [5.41, 5.74) is -0.157. The van der Waals surface area contributed by atoms with Crippen LogP contribution in [0.5, 0.6) is 11.5 Å². The van der Waals surface area contributed by atoms with Crippen molar-refractivity contribution in [3.8, 4) is 11.5 Å². The summed E-state index contributed by atoms with van der Waals surface area (Å²) in [7, 11) is 2.99. The van der Waals surface area contributed by atoms with Crippen molar-refractivity contribution in [3.63, 3.8) is 0 Å². The largest absolute Gasteiger partial charge is 0.493 e. The molecule has 0 aliphatic rings. The first-order valence-electron chi connectivity index (χ1n) is 11.4. The Bertz CT molecular complexity index is 1170. The lowest BCUT2D eigenvalue weighted by atomic mass is 10.0. The van der Waals surface area contributed by atoms with Crippen LogP contribution < -0.4 is 25.0 Å². The van der Waals surface area contributed by atoms with Gasteiger partial charge in [-0.15, -0.1) is 11.3 Å². The van der Waals surface area contributed by atoms with Crippen LogP contribution in [0.3, 0.4) is 0 Å². The molecule has 1 atom stereocenters. The average Bonchev–Trinajstić information content (AvgIpc) is 3.59. The van der Waals surface area contributed by atoms with Crippen molar-refractivity contribution in [1.29, 1.82) is 0 Å². The highest BCUT2D eigenvalue weighted by Gasteiger charge is 2.37. The molecule has 0 radical (unpaired) electrons. The maximum Gasteiger partial charge on any atom is 0.261 e. The molecule has 192 valence electrons. The Morgan fingerprint density at radius 2 is 1.83 bits per heavy atom. The summed E-state index contributed by atoms with van der Waals surface area (Å²) < 4.78 is 16.4. The van der Waals surface area contributed by atoms with E-state index in [2.05, 4.69) is 10.6 Å². The van der Waals surface area contributed by atoms with E-state index in [0.29, 0.717) is 28.5 Å². The molecule has 1 aromatic carbocycles. The number of hydrogen-bond donors (Lipinski definition) is 2. The van der Waals surface area contributed by atoms with Crippen LogP contribution in [0, 0.1) is 0 Å². The number of carbonyl (C=O) groups excluding carboxylic acids is 3. The van der Waals surface area contributed by atoms with E-state index in [1.165, 1.54) is 36.7 Å². The molecule has 2 N–H and O–H groups in total. The highest BCUT2D eigenvalue weighted by atomic mass is 32.1. The zero-order valence-electron chi connectivity index (χ0n) is 21.0. The van der Waals surface area contributed by atoms with Gasteiger partial charge in [-0.2, -0.15) is 0 Å². The van der Waals surface area contributed by atoms with E-state index >= 15 is 0 Å². The Morgan fingerprint density at radius 1 is 1.08 bits per heavy atom. The smallest absolute Gasteiger partial charge is 0.261 e. The van der Waals surface area contributed by atoms with Crippen molar-refractivity contribution in [2.45, 2.75) is 38.8 Å². The lowest BCUT2D eigenvalue weighted by molar-refractivity contribution is -0.128. The molecule has 0 aliphatic heterocycles. The van der Waals surface area contributed by atoms with E-state index in [1.54, 1.807) is 47.8 Å². The van der Waals surface area contributed by atoms with Crippen LogP contribution in [0.4, 0.5) is 5.69 Å². The van der Waals surface area contributed by atoms with E-state index in [9.17, 15) is 14.4 Å². The van der Waals surface area contributed by atoms with Crippen LogP contribution in [-0.4, -0.2) is 44.0 Å². The highest BCUT2D eigenvalue weighted by Crippen LogP contribution is 2.36. The van der Waals surface area contributed by atoms with Crippen LogP contribution in [0.1, 0.15) is 48.7 Å². The Kier molecular flexibility index (Phi) is 8.76. The van der Waals surface area contributed by atoms with Crippen LogP contribution in [0.15, 0.2) is 58.5 Å². The Morgan fingerprint density at radius 3 is 2.42 bits per heavy atom. The Hall–Kier alpha value is -3.79. The molecule has 3 amide bonds. The van der Waals surface area contributed by atoms with Gasteiger partial charge in [0.1, 0.15) is 5.76 Å². The number of hydrogen-bond acceptors (Lipinski definition) is 7. The zero-order valence-corrected chi connectivity index (χ0v) is 21.8. The van der Waals surface area contributed by atoms with Crippen molar-refractivity contribution in [1.82, 2.24) is 10.6 Å². The molecule has 0 saturated heterocycles. The van der Waals surface area contributed by atoms with Crippen LogP contribution >= 0.6 is 11.3 Å². The predicted molar refractivity (Wildman–Crippen MR) is 138 cm³/mol. The molecule has 3 aromatic rings. The quantitative estimate of drug-likeness (QED) is 0.398. The fraction of sp³-hybridized carbons (Fsp3) is 0.346. The molecule has 36 heavy (non-hydrogen) atoms. The summed E-state index contributed by atoms with van der Waals surface area (Å²) in [5.74, 6) is -0.208. The lowest BCUT2D eigenvalue weighted by Crippen LogP contribution is -2.52. The van der Waals surface area contributed by atoms with Crippen molar-refractivity contribution < 1.29 is 28.3 Å². The summed E-state index contributed by atoms with van der Waals surface area (Å²) in [5, 5.41) is 7.43. The summed E-state index contributed by atoms with van der Waals surface area (Å²) >= 11 is 1.27. The number of thiophene rings is 1. The highest BCUT2D eigenvalue weighted by molar-refractivity contribution is 7.12. The number of carbonyl (C=O) groups is 3. The van der Waals surface area contributed by atoms with E-state index in [0.717, 1.165) is 0 Å². The van der Waals surface area contributed by atoms with E-state index in [1.807, 2.05) is 20.8 Å². The zero-order chi connectivity index (χ0) is 26.3. The third kappa shape index (κ3) is 6.25. The molecule has 3 rings (SSSR count). The van der Waals surface area contributed by atoms with Gasteiger partial charge in [0, 0.05) is 17.3 Å². The second kappa shape index (κ2) is 11.8. The van der Waals surface area contributed by atoms with Gasteiger partial charge in [-0.3, -0.25) is 19.3 Å². The number of rotatable bonds is 11. The lowest BCUT2D eigenvalue weighted by Gasteiger charge is -2.33. The molecule has 0 fully saturated rings. The maximum absolute atomic E-state index is 13.7. The summed E-state index contributed by atoms with van der Waals surface area (Å²) in [6, 6.07) is 10.5. The number of amides is 3. The predicted octanol–water partition coefficient (Wildman–Crippen LogP) is 4.17. The van der Waals surface area contributed by atoms with Gasteiger partial charge in [0.2, 0.25) is 5.91 Å². The van der Waals surface area contributed by atoms with Crippen LogP contribution in [0.2, 0.25) is 0 Å². The molecule has 2 heterocycles. The molecule has 0 saturated carbocycles. The molecular weight excluding hydrogens is 482 g/mol. The summed E-state index contributed by atoms with van der Waals surface area (Å²) in [6.45, 7) is 5.41. The van der Waals surface area contributed by atoms with Gasteiger partial charge in [-0.25, -0.2) is 0 Å². The second-order valence-corrected chi connectivity index (χ2v) is 9.56. The Balaban J connectivity index is 2.04. The monoisotopic (exact) mass is 513 g/mol. The number of furan rings is 1. The average molecular weight is 514 g/mol. The van der Waals surface area contributed by atoms with Gasteiger partial charge in [0.15, 0.2) is 17.5 Å². The number of nitrogens with one attached hydrogen (secondary N) is 2. The molecule has 0 aliphatic carbocycles. The molecule has 10 heteroatoms. The second-order valence-electron chi connectivity index (χ2n) is 8.61. The Labute approximate surface area is 214 Å². The van der Waals surface area contributed by atoms with Crippen LogP contribution in [0.25, 0.3) is 0 Å². The molecular formula is C26H31N3O6S. The SMILES string of the molecule is CCC(C)(C)NC(=O)[C@@H](c1ccco1)N(C(=O)CNC(=O)c1cccs1)c1ccc(OC)c(OC)c1. The van der Waals surface area contributed by atoms with Gasteiger partial charge in [-0.1, -0.05) is 13.0 Å². The first kappa shape index (κ1) is 26.8. The first-order chi connectivity index (χ1) is 17.2. The number of methoxy groups -OCH3 is 2. The topological polar surface area (TPSA) is 110 Å². The third-order valence-electron chi connectivity index (χ3n) is 5.72. The maximum atomic E-state index is 13.7. The first-order valence-corrected chi connectivity index (χ1v) is 12.3. The van der Waals surface area contributed by atoms with Gasteiger partial charge in [0.05, 0.1) is 31.9 Å². The van der Waals surface area contributed by atoms with Gasteiger partial charge < -0.3 is 24.5 Å². The van der Waals surface area contributed by atoms with Crippen molar-refractivity contribution in [2.75, 3.05) is 25.7 Å². The van der Waals surface area contributed by atoms with Gasteiger partial charge in [0.25, 0.3) is 11.8 Å². The van der Waals surface area contributed by atoms with E-state index < -0.39 is 23.4 Å². The number of ether oxygens (including phenoxy) is 2. The molecule has 9 nitrogen and oxygen atoms in total. The molecule has 0 bridgehead atoms. The van der Waals surface area contributed by atoms with Crippen LogP contribution in [-0.2, 0) is 9.59 Å². The minimum atomic E-state index is -1.14. The third-order valence-corrected chi connectivity index (χ3v) is 6.59. The number of nitrogens with zero attached hydrogens (tertiary/aromatic N) is 1. The molecule has 0 spiro atoms. The number of benzene rings is 1. The van der Waals surface area contributed by atoms with E-state index in [-0.39, 0.29) is 18.2 Å². The van der Waals surface area contributed by atoms with Crippen molar-refractivity contribution >= 4 is 34.7 Å². The molecule has 0 unspecified atom stereocenters. The van der Waals surface area contributed by atoms with Gasteiger partial charge in [-0.05, 0) is 56.0 Å². The van der Waals surface area contributed by atoms with Crippen molar-refractivity contribution in [2.24, 2.45) is 0 Å². The summed E-state index contributed by atoms with van der Waals surface area (Å²) in [4.78, 5) is 41.6. The summed E-state index contributed by atoms with van der Waals surface area (Å²) in [6.07, 6.45) is 2.11. The fourth-order valence-electron chi connectivity index (χ4n) is 3.46.